The van der Waals surface area contributed by atoms with E-state index in [1.165, 1.54) is 12.8 Å². The van der Waals surface area contributed by atoms with E-state index >= 15 is 0 Å². The largest absolute Gasteiger partial charge is 0.411 e. The third kappa shape index (κ3) is 4.33. The lowest BCUT2D eigenvalue weighted by Crippen LogP contribution is -2.34. The van der Waals surface area contributed by atoms with Gasteiger partial charge in [-0.1, -0.05) is 15.9 Å². The van der Waals surface area contributed by atoms with Gasteiger partial charge < -0.3 is 9.47 Å². The van der Waals surface area contributed by atoms with E-state index < -0.39 is 12.8 Å². The van der Waals surface area contributed by atoms with Gasteiger partial charge in [0.1, 0.15) is 6.61 Å². The lowest BCUT2D eigenvalue weighted by Gasteiger charge is -2.32. The van der Waals surface area contributed by atoms with Crippen molar-refractivity contribution in [1.82, 2.24) is 0 Å². The fourth-order valence-electron chi connectivity index (χ4n) is 2.93. The lowest BCUT2D eigenvalue weighted by atomic mass is 9.77. The van der Waals surface area contributed by atoms with Crippen LogP contribution in [-0.2, 0) is 9.47 Å². The average Bonchev–Trinajstić information content (AvgIpc) is 3.09. The van der Waals surface area contributed by atoms with Gasteiger partial charge in [0, 0.05) is 24.0 Å². The highest BCUT2D eigenvalue weighted by atomic mass is 79.9. The Morgan fingerprint density at radius 1 is 1.32 bits per heavy atom. The third-order valence-electron chi connectivity index (χ3n) is 4.05. The number of alkyl halides is 4. The molecule has 112 valence electrons. The summed E-state index contributed by atoms with van der Waals surface area (Å²) in [5, 5.41) is 0.862. The summed E-state index contributed by atoms with van der Waals surface area (Å²) >= 11 is 3.57. The Bertz CT molecular complexity index is 294. The van der Waals surface area contributed by atoms with E-state index in [-0.39, 0.29) is 18.1 Å². The van der Waals surface area contributed by atoms with Crippen molar-refractivity contribution >= 4 is 15.9 Å². The van der Waals surface area contributed by atoms with Crippen LogP contribution in [0.25, 0.3) is 0 Å². The lowest BCUT2D eigenvalue weighted by molar-refractivity contribution is -0.174. The number of hydrogen-bond acceptors (Lipinski definition) is 2. The predicted molar refractivity (Wildman–Crippen MR) is 69.4 cm³/mol. The first-order chi connectivity index (χ1) is 8.97. The van der Waals surface area contributed by atoms with Gasteiger partial charge in [0.05, 0.1) is 6.10 Å². The number of ether oxygens (including phenoxy) is 2. The maximum Gasteiger partial charge on any atom is 0.411 e. The van der Waals surface area contributed by atoms with E-state index in [0.717, 1.165) is 24.8 Å². The van der Waals surface area contributed by atoms with E-state index in [9.17, 15) is 13.2 Å². The number of hydrogen-bond donors (Lipinski definition) is 0. The molecule has 1 aliphatic carbocycles. The van der Waals surface area contributed by atoms with Crippen LogP contribution < -0.4 is 0 Å². The standard InChI is InChI=1S/C13H20BrF3O2/c14-8-12(4-1-6-18-9-13(15,16)17)5-7-19-11(12)10-2-3-10/h10-11H,1-9H2. The number of rotatable bonds is 7. The van der Waals surface area contributed by atoms with Crippen molar-refractivity contribution in [1.29, 1.82) is 0 Å². The van der Waals surface area contributed by atoms with Crippen LogP contribution in [0.3, 0.4) is 0 Å². The van der Waals surface area contributed by atoms with Crippen LogP contribution in [0.2, 0.25) is 0 Å². The van der Waals surface area contributed by atoms with Gasteiger partial charge in [-0.05, 0) is 38.0 Å². The zero-order chi connectivity index (χ0) is 13.9. The molecule has 1 aliphatic heterocycles. The second kappa shape index (κ2) is 6.31. The van der Waals surface area contributed by atoms with E-state index in [4.69, 9.17) is 4.74 Å². The monoisotopic (exact) mass is 344 g/mol. The SMILES string of the molecule is FC(F)(F)COCCCC1(CBr)CCOC1C1CC1. The molecule has 0 spiro atoms. The van der Waals surface area contributed by atoms with Gasteiger partial charge in [-0.25, -0.2) is 0 Å². The summed E-state index contributed by atoms with van der Waals surface area (Å²) in [6.45, 7) is -0.196. The normalized spacial score (nSPS) is 31.9. The molecule has 2 aliphatic rings. The summed E-state index contributed by atoms with van der Waals surface area (Å²) in [6, 6.07) is 0. The molecule has 0 aromatic rings. The molecule has 2 atom stereocenters. The summed E-state index contributed by atoms with van der Waals surface area (Å²) in [6.07, 6.45) is 1.05. The van der Waals surface area contributed by atoms with Crippen LogP contribution >= 0.6 is 15.9 Å². The van der Waals surface area contributed by atoms with Gasteiger partial charge in [0.2, 0.25) is 0 Å². The van der Waals surface area contributed by atoms with Crippen molar-refractivity contribution in [2.24, 2.45) is 11.3 Å². The van der Waals surface area contributed by atoms with E-state index in [1.807, 2.05) is 0 Å². The van der Waals surface area contributed by atoms with Crippen LogP contribution in [0.15, 0.2) is 0 Å². The smallest absolute Gasteiger partial charge is 0.377 e. The molecule has 19 heavy (non-hydrogen) atoms. The highest BCUT2D eigenvalue weighted by Gasteiger charge is 2.49. The van der Waals surface area contributed by atoms with Crippen molar-refractivity contribution in [2.45, 2.75) is 44.4 Å². The molecule has 0 N–H and O–H groups in total. The van der Waals surface area contributed by atoms with Crippen molar-refractivity contribution in [3.05, 3.63) is 0 Å². The van der Waals surface area contributed by atoms with Gasteiger partial charge in [0.15, 0.2) is 0 Å². The van der Waals surface area contributed by atoms with E-state index in [2.05, 4.69) is 20.7 Å². The fraction of sp³-hybridized carbons (Fsp3) is 1.00. The molecule has 0 radical (unpaired) electrons. The van der Waals surface area contributed by atoms with E-state index in [1.54, 1.807) is 0 Å². The molecular formula is C13H20BrF3O2. The van der Waals surface area contributed by atoms with Crippen LogP contribution in [0, 0.1) is 11.3 Å². The highest BCUT2D eigenvalue weighted by molar-refractivity contribution is 9.09. The van der Waals surface area contributed by atoms with Gasteiger partial charge in [-0.3, -0.25) is 0 Å². The van der Waals surface area contributed by atoms with Gasteiger partial charge in [-0.2, -0.15) is 13.2 Å². The molecule has 1 saturated carbocycles. The Morgan fingerprint density at radius 3 is 2.63 bits per heavy atom. The second-order valence-electron chi connectivity index (χ2n) is 5.65. The molecule has 2 rings (SSSR count). The minimum Gasteiger partial charge on any atom is -0.377 e. The average molecular weight is 345 g/mol. The third-order valence-corrected chi connectivity index (χ3v) is 5.16. The molecule has 0 aromatic heterocycles. The predicted octanol–water partition coefficient (Wildman–Crippen LogP) is 3.93. The van der Waals surface area contributed by atoms with Gasteiger partial charge in [-0.15, -0.1) is 0 Å². The van der Waals surface area contributed by atoms with Gasteiger partial charge >= 0.3 is 6.18 Å². The first-order valence-electron chi connectivity index (χ1n) is 6.79. The maximum atomic E-state index is 11.9. The van der Waals surface area contributed by atoms with Crippen LogP contribution in [0.5, 0.6) is 0 Å². The molecule has 2 unspecified atom stereocenters. The summed E-state index contributed by atoms with van der Waals surface area (Å²) in [5.41, 5.74) is 0.1000. The van der Waals surface area contributed by atoms with Crippen molar-refractivity contribution in [3.63, 3.8) is 0 Å². The molecule has 1 heterocycles. The Morgan fingerprint density at radius 2 is 2.05 bits per heavy atom. The Kier molecular flexibility index (Phi) is 5.17. The van der Waals surface area contributed by atoms with Crippen molar-refractivity contribution in [2.75, 3.05) is 25.2 Å². The minimum absolute atomic E-state index is 0.1000. The van der Waals surface area contributed by atoms with Crippen LogP contribution in [0.4, 0.5) is 13.2 Å². The molecule has 2 fully saturated rings. The quantitative estimate of drug-likeness (QED) is 0.514. The highest BCUT2D eigenvalue weighted by Crippen LogP contribution is 2.50. The van der Waals surface area contributed by atoms with Crippen LogP contribution in [0.1, 0.15) is 32.1 Å². The molecule has 6 heteroatoms. The first-order valence-corrected chi connectivity index (χ1v) is 7.91. The Labute approximate surface area is 120 Å². The minimum atomic E-state index is -4.22. The molecular weight excluding hydrogens is 325 g/mol. The van der Waals surface area contributed by atoms with Crippen LogP contribution in [-0.4, -0.2) is 37.4 Å². The molecule has 2 nitrogen and oxygen atoms in total. The zero-order valence-corrected chi connectivity index (χ0v) is 12.4. The van der Waals surface area contributed by atoms with E-state index in [0.29, 0.717) is 12.3 Å². The maximum absolute atomic E-state index is 11.9. The Balaban J connectivity index is 1.73. The first kappa shape index (κ1) is 15.6. The molecule has 0 amide bonds. The summed E-state index contributed by atoms with van der Waals surface area (Å²) in [7, 11) is 0. The van der Waals surface area contributed by atoms with Crippen molar-refractivity contribution < 1.29 is 22.6 Å². The molecule has 1 saturated heterocycles. The summed E-state index contributed by atoms with van der Waals surface area (Å²) < 4.78 is 46.4. The zero-order valence-electron chi connectivity index (χ0n) is 10.8. The topological polar surface area (TPSA) is 18.5 Å². The van der Waals surface area contributed by atoms with Crippen molar-refractivity contribution in [3.8, 4) is 0 Å². The molecule has 0 bridgehead atoms. The summed E-state index contributed by atoms with van der Waals surface area (Å²) in [4.78, 5) is 0. The second-order valence-corrected chi connectivity index (χ2v) is 6.21. The number of halogens is 4. The van der Waals surface area contributed by atoms with Gasteiger partial charge in [0.25, 0.3) is 0 Å². The summed E-state index contributed by atoms with van der Waals surface area (Å²) in [5.74, 6) is 0.663. The fourth-order valence-corrected chi connectivity index (χ4v) is 3.81. The molecule has 0 aromatic carbocycles. The Hall–Kier alpha value is 0.190.